The molecule has 2 bridgehead atoms. The zero-order valence-corrected chi connectivity index (χ0v) is 7.96. The summed E-state index contributed by atoms with van der Waals surface area (Å²) in [5.74, 6) is 0.654. The van der Waals surface area contributed by atoms with Gasteiger partial charge in [-0.05, 0) is 0 Å². The molecule has 2 aliphatic rings. The van der Waals surface area contributed by atoms with Crippen molar-refractivity contribution in [3.8, 4) is 0 Å². The smallest absolute Gasteiger partial charge is 0.492 e. The minimum Gasteiger partial charge on any atom is -0.492 e. The number of rotatable bonds is 2. The maximum Gasteiger partial charge on any atom is 1.00 e. The van der Waals surface area contributed by atoms with Gasteiger partial charge in [0, 0.05) is 20.6 Å². The molecule has 0 aromatic heterocycles. The van der Waals surface area contributed by atoms with E-state index in [-0.39, 0.29) is 24.6 Å². The van der Waals surface area contributed by atoms with Gasteiger partial charge >= 0.3 is 18.9 Å². The zero-order valence-electron chi connectivity index (χ0n) is 7.96. The largest absolute Gasteiger partial charge is 1.00 e. The zero-order chi connectivity index (χ0) is 7.90. The number of allylic oxidation sites excluding steroid dienone is 1. The van der Waals surface area contributed by atoms with E-state index in [1.54, 1.807) is 14.2 Å². The van der Waals surface area contributed by atoms with Gasteiger partial charge in [-0.2, -0.15) is 0 Å². The summed E-state index contributed by atoms with van der Waals surface area (Å²) in [4.78, 5) is 0. The van der Waals surface area contributed by atoms with Crippen LogP contribution in [0, 0.1) is 17.9 Å². The third-order valence-electron chi connectivity index (χ3n) is 2.84. The first-order valence-electron chi connectivity index (χ1n) is 4.00. The summed E-state index contributed by atoms with van der Waals surface area (Å²) in [5, 5.41) is 0. The van der Waals surface area contributed by atoms with Crippen LogP contribution >= 0.6 is 0 Å². The molecule has 0 amide bonds. The molecule has 1 fully saturated rings. The minimum atomic E-state index is -0.348. The molecule has 2 aliphatic carbocycles. The maximum atomic E-state index is 5.38. The summed E-state index contributed by atoms with van der Waals surface area (Å²) in [5.41, 5.74) is 0. The van der Waals surface area contributed by atoms with Gasteiger partial charge in [0.05, 0.1) is 0 Å². The second-order valence-corrected chi connectivity index (χ2v) is 3.31. The van der Waals surface area contributed by atoms with Crippen LogP contribution in [-0.2, 0) is 9.47 Å². The van der Waals surface area contributed by atoms with Gasteiger partial charge in [0.2, 0.25) is 0 Å². The third kappa shape index (κ3) is 1.28. The Hall–Kier alpha value is 0.257. The van der Waals surface area contributed by atoms with Gasteiger partial charge in [0.1, 0.15) is 5.79 Å². The van der Waals surface area contributed by atoms with E-state index in [4.69, 9.17) is 9.47 Å². The molecular weight excluding hydrogens is 147 g/mol. The molecule has 12 heavy (non-hydrogen) atoms. The van der Waals surface area contributed by atoms with Crippen LogP contribution in [0.1, 0.15) is 12.8 Å². The van der Waals surface area contributed by atoms with E-state index in [9.17, 15) is 0 Å². The topological polar surface area (TPSA) is 18.5 Å². The molecule has 0 aromatic carbocycles. The monoisotopic (exact) mass is 160 g/mol. The van der Waals surface area contributed by atoms with Crippen molar-refractivity contribution in [1.29, 1.82) is 0 Å². The first-order chi connectivity index (χ1) is 5.30. The average molecular weight is 160 g/mol. The van der Waals surface area contributed by atoms with Gasteiger partial charge in [-0.25, -0.2) is 0 Å². The Kier molecular flexibility index (Phi) is 3.06. The summed E-state index contributed by atoms with van der Waals surface area (Å²) in [6, 6.07) is 0. The van der Waals surface area contributed by atoms with Crippen LogP contribution in [0.3, 0.4) is 0 Å². The number of hydrogen-bond acceptors (Lipinski definition) is 2. The van der Waals surface area contributed by atoms with Crippen molar-refractivity contribution < 1.29 is 28.3 Å². The fourth-order valence-electron chi connectivity index (χ4n) is 2.18. The van der Waals surface area contributed by atoms with Crippen molar-refractivity contribution in [1.82, 2.24) is 0 Å². The van der Waals surface area contributed by atoms with Gasteiger partial charge in [-0.15, -0.1) is 5.92 Å². The van der Waals surface area contributed by atoms with E-state index in [2.05, 4.69) is 12.2 Å². The average Bonchev–Trinajstić information content (AvgIpc) is 2.62. The molecule has 2 atom stereocenters. The number of fused-ring (bicyclic) bond motifs is 2. The molecule has 62 valence electrons. The second-order valence-electron chi connectivity index (χ2n) is 3.31. The summed E-state index contributed by atoms with van der Waals surface area (Å²) < 4.78 is 10.8. The van der Waals surface area contributed by atoms with E-state index in [1.807, 2.05) is 0 Å². The van der Waals surface area contributed by atoms with Crippen LogP contribution in [0.15, 0.2) is 6.08 Å². The molecule has 0 unspecified atom stereocenters. The molecule has 2 nitrogen and oxygen atoms in total. The van der Waals surface area contributed by atoms with Gasteiger partial charge in [-0.3, -0.25) is 6.08 Å². The van der Waals surface area contributed by atoms with Gasteiger partial charge in [-0.1, -0.05) is 12.3 Å². The molecule has 1 saturated carbocycles. The molecule has 0 spiro atoms. The van der Waals surface area contributed by atoms with Crippen molar-refractivity contribution in [3.63, 3.8) is 0 Å². The van der Waals surface area contributed by atoms with E-state index in [1.165, 1.54) is 0 Å². The van der Waals surface area contributed by atoms with Crippen molar-refractivity contribution in [2.24, 2.45) is 11.8 Å². The van der Waals surface area contributed by atoms with Crippen molar-refractivity contribution in [2.45, 2.75) is 18.6 Å². The van der Waals surface area contributed by atoms with Crippen LogP contribution in [0.4, 0.5) is 0 Å². The van der Waals surface area contributed by atoms with Crippen LogP contribution in [0.2, 0.25) is 0 Å². The number of hydrogen-bond donors (Lipinski definition) is 0. The molecule has 0 aromatic rings. The minimum absolute atomic E-state index is 0. The van der Waals surface area contributed by atoms with E-state index >= 15 is 0 Å². The Balaban J connectivity index is 0.000000720. The Bertz CT molecular complexity index is 187. The Labute approximate surface area is 85.5 Å². The van der Waals surface area contributed by atoms with E-state index in [0.717, 1.165) is 12.8 Å². The molecule has 0 saturated heterocycles. The molecule has 0 N–H and O–H groups in total. The predicted molar refractivity (Wildman–Crippen MR) is 40.8 cm³/mol. The summed E-state index contributed by atoms with van der Waals surface area (Å²) in [6.07, 6.45) is 7.58. The summed E-state index contributed by atoms with van der Waals surface area (Å²) in [6.45, 7) is 0. The Morgan fingerprint density at radius 1 is 1.42 bits per heavy atom. The number of methoxy groups -OCH3 is 2. The first kappa shape index (κ1) is 10.3. The van der Waals surface area contributed by atoms with Crippen LogP contribution in [-0.4, -0.2) is 20.0 Å². The quantitative estimate of drug-likeness (QED) is 0.274. The third-order valence-corrected chi connectivity index (χ3v) is 2.84. The molecular formula is C9H13LiO2. The summed E-state index contributed by atoms with van der Waals surface area (Å²) in [7, 11) is 3.43. The Morgan fingerprint density at radius 3 is 2.33 bits per heavy atom. The van der Waals surface area contributed by atoms with E-state index in [0.29, 0.717) is 11.8 Å². The molecule has 0 aliphatic heterocycles. The van der Waals surface area contributed by atoms with Gasteiger partial charge in [0.25, 0.3) is 0 Å². The maximum absolute atomic E-state index is 5.38. The standard InChI is InChI=1S/C9H13O2.Li/c1-10-9(11-2)6-7-3-4-8(9)5-7;/h3,7-8H,5-6H2,1-2H3;/q-1;+1/t7-,8+;/m0./s1. The fourth-order valence-corrected chi connectivity index (χ4v) is 2.18. The first-order valence-corrected chi connectivity index (χ1v) is 4.00. The SMILES string of the molecule is COC1(OC)C[C@H]2C=[C-][C@@H]1C2.[Li+]. The fraction of sp³-hybridized carbons (Fsp3) is 0.778. The Morgan fingerprint density at radius 2 is 2.08 bits per heavy atom. The van der Waals surface area contributed by atoms with Crippen molar-refractivity contribution in [2.75, 3.05) is 14.2 Å². The van der Waals surface area contributed by atoms with E-state index < -0.39 is 0 Å². The van der Waals surface area contributed by atoms with Crippen LogP contribution in [0.5, 0.6) is 0 Å². The van der Waals surface area contributed by atoms with Gasteiger partial charge < -0.3 is 15.5 Å². The normalized spacial score (nSPS) is 35.2. The molecule has 0 heterocycles. The van der Waals surface area contributed by atoms with Crippen LogP contribution in [0.25, 0.3) is 0 Å². The molecule has 0 radical (unpaired) electrons. The van der Waals surface area contributed by atoms with Crippen molar-refractivity contribution >= 4 is 0 Å². The summed E-state index contributed by atoms with van der Waals surface area (Å²) >= 11 is 0. The molecule has 2 rings (SSSR count). The number of ether oxygens (including phenoxy) is 2. The van der Waals surface area contributed by atoms with Gasteiger partial charge in [0.15, 0.2) is 0 Å². The molecule has 3 heteroatoms. The second kappa shape index (κ2) is 3.55. The van der Waals surface area contributed by atoms with Crippen molar-refractivity contribution in [3.05, 3.63) is 12.2 Å². The van der Waals surface area contributed by atoms with Crippen LogP contribution < -0.4 is 18.9 Å². The predicted octanol–water partition coefficient (Wildman–Crippen LogP) is -1.62.